The maximum Gasteiger partial charge on any atom is 0.147 e. The van der Waals surface area contributed by atoms with Gasteiger partial charge in [-0.15, -0.1) is 0 Å². The van der Waals surface area contributed by atoms with Gasteiger partial charge in [-0.1, -0.05) is 24.3 Å². The second-order valence-electron chi connectivity index (χ2n) is 9.74. The summed E-state index contributed by atoms with van der Waals surface area (Å²) in [5.74, 6) is 0. The van der Waals surface area contributed by atoms with Gasteiger partial charge in [-0.25, -0.2) is 9.97 Å². The average molecular weight is 447 g/mol. The fourth-order valence-corrected chi connectivity index (χ4v) is 6.39. The minimum Gasteiger partial charge on any atom is -0.276 e. The van der Waals surface area contributed by atoms with Crippen molar-refractivity contribution in [3.63, 3.8) is 0 Å². The van der Waals surface area contributed by atoms with Crippen molar-refractivity contribution in [1.82, 2.24) is 19.4 Å². The van der Waals surface area contributed by atoms with E-state index in [0.29, 0.717) is 0 Å². The molecule has 0 atom stereocenters. The molecule has 0 spiro atoms. The Kier molecular flexibility index (Phi) is 3.11. The number of imidazole rings is 1. The van der Waals surface area contributed by atoms with Crippen LogP contribution in [0.25, 0.3) is 60.7 Å². The number of hydrogen-bond donors (Lipinski definition) is 0. The summed E-state index contributed by atoms with van der Waals surface area (Å²) >= 11 is 0. The molecule has 0 saturated carbocycles. The van der Waals surface area contributed by atoms with Crippen LogP contribution in [0.3, 0.4) is 0 Å². The molecule has 0 saturated heterocycles. The molecule has 4 nitrogen and oxygen atoms in total. The Labute approximate surface area is 200 Å². The third-order valence-corrected chi connectivity index (χ3v) is 7.92. The number of fused-ring (bicyclic) bond motifs is 14. The Balaban J connectivity index is 1.37. The van der Waals surface area contributed by atoms with Crippen LogP contribution in [0.5, 0.6) is 0 Å². The molecular weight excluding hydrogens is 428 g/mol. The van der Waals surface area contributed by atoms with Crippen LogP contribution in [0, 0.1) is 0 Å². The van der Waals surface area contributed by atoms with E-state index in [1.165, 1.54) is 55.3 Å². The van der Waals surface area contributed by atoms with E-state index < -0.39 is 0 Å². The monoisotopic (exact) mass is 446 g/mol. The standard InChI is InChI=1S/C31H18N4/c1-2-5-21-17(4-1)10-18-13-24-19(12-23(18)21)11-20-14-27-26(15-25(20)24)22-6-3-8-33-30(22)35-29-7-9-32-16-28(29)34-31(27)35/h1-9,12-16H,10-11H2. The van der Waals surface area contributed by atoms with Crippen LogP contribution in [0.15, 0.2) is 85.3 Å². The summed E-state index contributed by atoms with van der Waals surface area (Å²) in [6, 6.07) is 24.7. The van der Waals surface area contributed by atoms with E-state index in [4.69, 9.17) is 9.97 Å². The van der Waals surface area contributed by atoms with Gasteiger partial charge in [0.25, 0.3) is 0 Å². The molecule has 35 heavy (non-hydrogen) atoms. The maximum atomic E-state index is 5.00. The number of benzene rings is 3. The van der Waals surface area contributed by atoms with Gasteiger partial charge in [0, 0.05) is 23.2 Å². The van der Waals surface area contributed by atoms with Crippen molar-refractivity contribution in [2.24, 2.45) is 0 Å². The highest BCUT2D eigenvalue weighted by Crippen LogP contribution is 2.46. The molecule has 0 radical (unpaired) electrons. The summed E-state index contributed by atoms with van der Waals surface area (Å²) in [5.41, 5.74) is 15.0. The molecule has 4 aromatic heterocycles. The van der Waals surface area contributed by atoms with Crippen LogP contribution in [0.1, 0.15) is 22.3 Å². The number of nitrogens with zero attached hydrogens (tertiary/aromatic N) is 4. The Morgan fingerprint density at radius 1 is 0.600 bits per heavy atom. The smallest absolute Gasteiger partial charge is 0.147 e. The Morgan fingerprint density at radius 2 is 1.40 bits per heavy atom. The molecule has 4 heteroatoms. The molecule has 9 rings (SSSR count). The molecule has 0 aliphatic heterocycles. The third kappa shape index (κ3) is 2.20. The maximum absolute atomic E-state index is 5.00. The molecular formula is C31H18N4. The molecule has 4 heterocycles. The van der Waals surface area contributed by atoms with Crippen molar-refractivity contribution in [1.29, 1.82) is 0 Å². The highest BCUT2D eigenvalue weighted by Gasteiger charge is 2.26. The summed E-state index contributed by atoms with van der Waals surface area (Å²) < 4.78 is 2.19. The van der Waals surface area contributed by atoms with Crippen molar-refractivity contribution in [3.05, 3.63) is 108 Å². The van der Waals surface area contributed by atoms with Crippen LogP contribution in [-0.4, -0.2) is 19.4 Å². The van der Waals surface area contributed by atoms with E-state index in [1.54, 1.807) is 0 Å². The minimum absolute atomic E-state index is 0.894. The van der Waals surface area contributed by atoms with E-state index in [0.717, 1.165) is 40.6 Å². The number of aromatic nitrogens is 4. The summed E-state index contributed by atoms with van der Waals surface area (Å²) in [7, 11) is 0. The lowest BCUT2D eigenvalue weighted by Gasteiger charge is -2.11. The Bertz CT molecular complexity index is 2070. The van der Waals surface area contributed by atoms with E-state index >= 15 is 0 Å². The van der Waals surface area contributed by atoms with Crippen LogP contribution in [-0.2, 0) is 12.8 Å². The zero-order valence-corrected chi connectivity index (χ0v) is 18.8. The minimum atomic E-state index is 0.894. The Morgan fingerprint density at radius 3 is 2.34 bits per heavy atom. The fourth-order valence-electron chi connectivity index (χ4n) is 6.39. The average Bonchev–Trinajstić information content (AvgIpc) is 3.57. The molecule has 162 valence electrons. The van der Waals surface area contributed by atoms with Gasteiger partial charge in [0.15, 0.2) is 0 Å². The van der Waals surface area contributed by atoms with Gasteiger partial charge in [-0.2, -0.15) is 0 Å². The van der Waals surface area contributed by atoms with Gasteiger partial charge in [-0.05, 0) is 105 Å². The molecule has 3 aromatic carbocycles. The highest BCUT2D eigenvalue weighted by molar-refractivity contribution is 6.14. The predicted octanol–water partition coefficient (Wildman–Crippen LogP) is 6.73. The normalized spacial score (nSPS) is 13.5. The summed E-state index contributed by atoms with van der Waals surface area (Å²) in [6.45, 7) is 0. The van der Waals surface area contributed by atoms with E-state index in [9.17, 15) is 0 Å². The molecule has 0 bridgehead atoms. The molecule has 7 aromatic rings. The van der Waals surface area contributed by atoms with Crippen molar-refractivity contribution in [2.75, 3.05) is 0 Å². The van der Waals surface area contributed by atoms with Gasteiger partial charge >= 0.3 is 0 Å². The van der Waals surface area contributed by atoms with Crippen molar-refractivity contribution in [2.45, 2.75) is 12.8 Å². The number of hydrogen-bond acceptors (Lipinski definition) is 3. The third-order valence-electron chi connectivity index (χ3n) is 7.92. The zero-order chi connectivity index (χ0) is 22.7. The van der Waals surface area contributed by atoms with E-state index in [2.05, 4.69) is 64.0 Å². The zero-order valence-electron chi connectivity index (χ0n) is 18.8. The number of pyridine rings is 3. The van der Waals surface area contributed by atoms with Crippen LogP contribution < -0.4 is 0 Å². The largest absolute Gasteiger partial charge is 0.276 e. The quantitative estimate of drug-likeness (QED) is 0.243. The van der Waals surface area contributed by atoms with Crippen LogP contribution in [0.2, 0.25) is 0 Å². The fraction of sp³-hybridized carbons (Fsp3) is 0.0645. The van der Waals surface area contributed by atoms with Crippen molar-refractivity contribution >= 4 is 38.5 Å². The highest BCUT2D eigenvalue weighted by atomic mass is 15.1. The van der Waals surface area contributed by atoms with Crippen molar-refractivity contribution in [3.8, 4) is 22.3 Å². The van der Waals surface area contributed by atoms with Gasteiger partial charge in [-0.3, -0.25) is 9.38 Å². The lowest BCUT2D eigenvalue weighted by Crippen LogP contribution is -1.95. The van der Waals surface area contributed by atoms with Gasteiger partial charge in [0.2, 0.25) is 0 Å². The molecule has 0 N–H and O–H groups in total. The first-order valence-corrected chi connectivity index (χ1v) is 12.0. The van der Waals surface area contributed by atoms with Gasteiger partial charge < -0.3 is 0 Å². The number of rotatable bonds is 0. The Hall–Kier alpha value is -4.57. The summed E-state index contributed by atoms with van der Waals surface area (Å²) in [5, 5.41) is 3.53. The van der Waals surface area contributed by atoms with Crippen molar-refractivity contribution < 1.29 is 0 Å². The van der Waals surface area contributed by atoms with E-state index in [-0.39, 0.29) is 0 Å². The molecule has 2 aliphatic rings. The first-order valence-electron chi connectivity index (χ1n) is 12.0. The lowest BCUT2D eigenvalue weighted by atomic mass is 9.96. The lowest BCUT2D eigenvalue weighted by molar-refractivity contribution is 1.23. The van der Waals surface area contributed by atoms with Gasteiger partial charge in [0.05, 0.1) is 11.7 Å². The second kappa shape index (κ2) is 6.10. The first-order chi connectivity index (χ1) is 17.3. The molecule has 2 aliphatic carbocycles. The van der Waals surface area contributed by atoms with Crippen LogP contribution in [0.4, 0.5) is 0 Å². The predicted molar refractivity (Wildman–Crippen MR) is 140 cm³/mol. The first kappa shape index (κ1) is 17.8. The molecule has 0 unspecified atom stereocenters. The SMILES string of the molecule is c1ccc2c(c1)Cc1cc3c(cc1-2)Cc1cc2c(cc1-3)c1cccnc1n1c3ccncc3nc21. The molecule has 0 amide bonds. The molecule has 0 fully saturated rings. The summed E-state index contributed by atoms with van der Waals surface area (Å²) in [6.07, 6.45) is 7.50. The summed E-state index contributed by atoms with van der Waals surface area (Å²) in [4.78, 5) is 14.1. The van der Waals surface area contributed by atoms with E-state index in [1.807, 2.05) is 30.7 Å². The van der Waals surface area contributed by atoms with Crippen LogP contribution >= 0.6 is 0 Å². The topological polar surface area (TPSA) is 43.1 Å². The van der Waals surface area contributed by atoms with Gasteiger partial charge in [0.1, 0.15) is 16.8 Å². The second-order valence-corrected chi connectivity index (χ2v) is 9.74.